The molecule has 0 radical (unpaired) electrons. The van der Waals surface area contributed by atoms with Crippen molar-refractivity contribution in [1.82, 2.24) is 15.0 Å². The number of amides is 1. The third-order valence-electron chi connectivity index (χ3n) is 4.12. The number of hydrogen-bond donors (Lipinski definition) is 1. The summed E-state index contributed by atoms with van der Waals surface area (Å²) in [7, 11) is 0. The van der Waals surface area contributed by atoms with Crippen molar-refractivity contribution in [3.8, 4) is 5.88 Å². The van der Waals surface area contributed by atoms with Gasteiger partial charge < -0.3 is 14.2 Å². The number of nitrogens with one attached hydrogen (secondary N) is 1. The largest absolute Gasteiger partial charge is 0.477 e. The van der Waals surface area contributed by atoms with Gasteiger partial charge in [-0.05, 0) is 18.9 Å². The summed E-state index contributed by atoms with van der Waals surface area (Å²) >= 11 is 0. The second kappa shape index (κ2) is 5.01. The van der Waals surface area contributed by atoms with Gasteiger partial charge in [-0.1, -0.05) is 0 Å². The van der Waals surface area contributed by atoms with Crippen molar-refractivity contribution in [2.24, 2.45) is 0 Å². The number of H-pyrrole nitrogens is 1. The molecule has 7 nitrogen and oxygen atoms in total. The highest BCUT2D eigenvalue weighted by Crippen LogP contribution is 2.29. The van der Waals surface area contributed by atoms with E-state index in [2.05, 4.69) is 10.1 Å². The smallest absolute Gasteiger partial charge is 0.280 e. The number of hydrogen-bond acceptors (Lipinski definition) is 5. The van der Waals surface area contributed by atoms with Crippen molar-refractivity contribution in [1.29, 1.82) is 0 Å². The van der Waals surface area contributed by atoms with Crippen molar-refractivity contribution in [3.63, 3.8) is 0 Å². The maximum absolute atomic E-state index is 12.4. The number of aromatic amines is 1. The van der Waals surface area contributed by atoms with Gasteiger partial charge >= 0.3 is 0 Å². The molecule has 4 heterocycles. The third-order valence-corrected chi connectivity index (χ3v) is 4.12. The third kappa shape index (κ3) is 2.18. The predicted octanol–water partition coefficient (Wildman–Crippen LogP) is 0.927. The van der Waals surface area contributed by atoms with Gasteiger partial charge in [0.05, 0.1) is 18.1 Å². The molecule has 1 amide bonds. The Morgan fingerprint density at radius 1 is 1.36 bits per heavy atom. The number of aromatic nitrogens is 2. The Balaban J connectivity index is 1.46. The number of nitrogens with zero attached hydrogens (tertiary/aromatic N) is 2. The van der Waals surface area contributed by atoms with Gasteiger partial charge in [-0.15, -0.1) is 0 Å². The highest BCUT2D eigenvalue weighted by molar-refractivity contribution is 5.94. The number of carbonyl (C=O) groups excluding carboxylic acids is 1. The SMILES string of the molecule is O=C(c1cnc2c(c1)CCCO2)N1CC(c2cc(=O)[nH]o2)C1. The van der Waals surface area contributed by atoms with Crippen molar-refractivity contribution >= 4 is 5.91 Å². The van der Waals surface area contributed by atoms with Crippen LogP contribution in [0.2, 0.25) is 0 Å². The van der Waals surface area contributed by atoms with Crippen molar-refractivity contribution in [2.75, 3.05) is 19.7 Å². The minimum Gasteiger partial charge on any atom is -0.477 e. The first-order chi connectivity index (χ1) is 10.7. The number of pyridine rings is 1. The molecule has 2 aliphatic rings. The minimum absolute atomic E-state index is 0.0463. The van der Waals surface area contributed by atoms with Crippen LogP contribution in [-0.4, -0.2) is 40.6 Å². The highest BCUT2D eigenvalue weighted by Gasteiger charge is 2.35. The fourth-order valence-corrected chi connectivity index (χ4v) is 2.86. The summed E-state index contributed by atoms with van der Waals surface area (Å²) in [6.45, 7) is 1.78. The average molecular weight is 301 g/mol. The molecule has 0 saturated carbocycles. The Hall–Kier alpha value is -2.57. The predicted molar refractivity (Wildman–Crippen MR) is 76.0 cm³/mol. The van der Waals surface area contributed by atoms with Crippen LogP contribution in [0, 0.1) is 0 Å². The van der Waals surface area contributed by atoms with E-state index in [-0.39, 0.29) is 17.4 Å². The van der Waals surface area contributed by atoms with Gasteiger partial charge in [0.25, 0.3) is 11.5 Å². The van der Waals surface area contributed by atoms with E-state index in [0.29, 0.717) is 36.9 Å². The van der Waals surface area contributed by atoms with Crippen LogP contribution in [0.5, 0.6) is 5.88 Å². The minimum atomic E-state index is -0.251. The Morgan fingerprint density at radius 2 is 2.23 bits per heavy atom. The van der Waals surface area contributed by atoms with Crippen molar-refractivity contribution in [3.05, 3.63) is 45.6 Å². The molecule has 114 valence electrons. The zero-order chi connectivity index (χ0) is 15.1. The molecule has 1 fully saturated rings. The lowest BCUT2D eigenvalue weighted by Gasteiger charge is -2.37. The van der Waals surface area contributed by atoms with E-state index in [9.17, 15) is 9.59 Å². The molecule has 2 aromatic heterocycles. The van der Waals surface area contributed by atoms with Gasteiger partial charge in [0.15, 0.2) is 0 Å². The van der Waals surface area contributed by atoms with Crippen LogP contribution >= 0.6 is 0 Å². The van der Waals surface area contributed by atoms with Gasteiger partial charge in [0.1, 0.15) is 5.76 Å². The zero-order valence-corrected chi connectivity index (χ0v) is 11.9. The highest BCUT2D eigenvalue weighted by atomic mass is 16.5. The molecule has 0 atom stereocenters. The molecule has 4 rings (SSSR count). The number of fused-ring (bicyclic) bond motifs is 1. The summed E-state index contributed by atoms with van der Waals surface area (Å²) in [5.41, 5.74) is 1.32. The maximum atomic E-state index is 12.4. The Bertz CT molecular complexity index is 773. The summed E-state index contributed by atoms with van der Waals surface area (Å²) in [5.74, 6) is 1.27. The number of ether oxygens (including phenoxy) is 1. The van der Waals surface area contributed by atoms with Crippen molar-refractivity contribution in [2.45, 2.75) is 18.8 Å². The van der Waals surface area contributed by atoms with E-state index in [1.807, 2.05) is 6.07 Å². The fraction of sp³-hybridized carbons (Fsp3) is 0.400. The first-order valence-corrected chi connectivity index (χ1v) is 7.30. The molecule has 2 aliphatic heterocycles. The second-order valence-electron chi connectivity index (χ2n) is 5.66. The standard InChI is InChI=1S/C15H15N3O4/c19-13-5-12(22-17-13)11-7-18(8-11)15(20)10-4-9-2-1-3-21-14(9)16-6-10/h4-6,11H,1-3,7-8H2,(H,17,19). The van der Waals surface area contributed by atoms with Crippen LogP contribution in [0.15, 0.2) is 27.6 Å². The summed E-state index contributed by atoms with van der Waals surface area (Å²) in [6, 6.07) is 3.30. The van der Waals surface area contributed by atoms with E-state index in [0.717, 1.165) is 18.4 Å². The topological polar surface area (TPSA) is 88.4 Å². The summed E-state index contributed by atoms with van der Waals surface area (Å²) in [6.07, 6.45) is 3.40. The van der Waals surface area contributed by atoms with E-state index >= 15 is 0 Å². The summed E-state index contributed by atoms with van der Waals surface area (Å²) < 4.78 is 10.5. The molecule has 0 aromatic carbocycles. The van der Waals surface area contributed by atoms with Crippen LogP contribution in [0.3, 0.4) is 0 Å². The van der Waals surface area contributed by atoms with Crippen LogP contribution in [-0.2, 0) is 6.42 Å². The number of rotatable bonds is 2. The second-order valence-corrected chi connectivity index (χ2v) is 5.66. The van der Waals surface area contributed by atoms with Crippen LogP contribution in [0.1, 0.15) is 34.0 Å². The van der Waals surface area contributed by atoms with Gasteiger partial charge in [-0.2, -0.15) is 5.16 Å². The number of likely N-dealkylation sites (tertiary alicyclic amines) is 1. The van der Waals surface area contributed by atoms with E-state index in [4.69, 9.17) is 9.26 Å². The molecule has 0 aliphatic carbocycles. The van der Waals surface area contributed by atoms with Gasteiger partial charge in [0, 0.05) is 30.9 Å². The zero-order valence-electron chi connectivity index (χ0n) is 11.9. The maximum Gasteiger partial charge on any atom is 0.280 e. The Labute approximate surface area is 125 Å². The number of aryl methyl sites for hydroxylation is 1. The summed E-state index contributed by atoms with van der Waals surface area (Å²) in [5, 5.41) is 2.27. The van der Waals surface area contributed by atoms with Crippen LogP contribution < -0.4 is 10.3 Å². The Kier molecular flexibility index (Phi) is 2.99. The lowest BCUT2D eigenvalue weighted by Crippen LogP contribution is -2.48. The molecule has 7 heteroatoms. The molecule has 22 heavy (non-hydrogen) atoms. The summed E-state index contributed by atoms with van der Waals surface area (Å²) in [4.78, 5) is 29.5. The normalized spacial score (nSPS) is 17.5. The molecular weight excluding hydrogens is 286 g/mol. The van der Waals surface area contributed by atoms with E-state index < -0.39 is 0 Å². The Morgan fingerprint density at radius 3 is 3.00 bits per heavy atom. The molecule has 0 bridgehead atoms. The van der Waals surface area contributed by atoms with Crippen LogP contribution in [0.25, 0.3) is 0 Å². The molecule has 1 saturated heterocycles. The van der Waals surface area contributed by atoms with Gasteiger partial charge in [0.2, 0.25) is 5.88 Å². The first kappa shape index (κ1) is 13.1. The first-order valence-electron chi connectivity index (χ1n) is 7.30. The molecule has 0 unspecified atom stereocenters. The lowest BCUT2D eigenvalue weighted by molar-refractivity contribution is 0.0574. The van der Waals surface area contributed by atoms with Crippen molar-refractivity contribution < 1.29 is 14.1 Å². The lowest BCUT2D eigenvalue weighted by atomic mass is 9.96. The monoisotopic (exact) mass is 301 g/mol. The number of carbonyl (C=O) groups is 1. The van der Waals surface area contributed by atoms with Gasteiger partial charge in [-0.3, -0.25) is 9.59 Å². The van der Waals surface area contributed by atoms with Crippen LogP contribution in [0.4, 0.5) is 0 Å². The molecule has 0 spiro atoms. The average Bonchev–Trinajstić information content (AvgIpc) is 2.91. The van der Waals surface area contributed by atoms with E-state index in [1.165, 1.54) is 6.07 Å². The fourth-order valence-electron chi connectivity index (χ4n) is 2.86. The molecular formula is C15H15N3O4. The van der Waals surface area contributed by atoms with E-state index in [1.54, 1.807) is 11.1 Å². The van der Waals surface area contributed by atoms with Gasteiger partial charge in [-0.25, -0.2) is 4.98 Å². The molecule has 2 aromatic rings. The molecule has 1 N–H and O–H groups in total. The quantitative estimate of drug-likeness (QED) is 0.891.